The van der Waals surface area contributed by atoms with Crippen LogP contribution in [0.5, 0.6) is 0 Å². The molecular weight excluding hydrogens is 184 g/mol. The van der Waals surface area contributed by atoms with Crippen LogP contribution in [0.4, 0.5) is 4.79 Å². The van der Waals surface area contributed by atoms with E-state index in [1.807, 2.05) is 13.8 Å². The summed E-state index contributed by atoms with van der Waals surface area (Å²) in [6, 6.07) is -0.172. The van der Waals surface area contributed by atoms with Crippen LogP contribution in [0.15, 0.2) is 0 Å². The summed E-state index contributed by atoms with van der Waals surface area (Å²) in [6.07, 6.45) is 0.354. The van der Waals surface area contributed by atoms with Crippen LogP contribution in [0.2, 0.25) is 0 Å². The van der Waals surface area contributed by atoms with Gasteiger partial charge in [-0.2, -0.15) is 0 Å². The predicted octanol–water partition coefficient (Wildman–Crippen LogP) is 0.339. The Bertz CT molecular complexity index is 226. The SMILES string of the molecule is CC[C@@H](C)[C@H](N)CN1C(=O)COC1=O. The van der Waals surface area contributed by atoms with Crippen molar-refractivity contribution in [1.29, 1.82) is 0 Å². The lowest BCUT2D eigenvalue weighted by molar-refractivity contribution is -0.126. The summed E-state index contributed by atoms with van der Waals surface area (Å²) in [4.78, 5) is 23.3. The zero-order chi connectivity index (χ0) is 10.7. The highest BCUT2D eigenvalue weighted by atomic mass is 16.6. The number of ether oxygens (including phenoxy) is 1. The molecule has 0 saturated carbocycles. The molecule has 1 rings (SSSR count). The zero-order valence-electron chi connectivity index (χ0n) is 8.53. The highest BCUT2D eigenvalue weighted by molar-refractivity contribution is 5.97. The molecule has 5 heteroatoms. The summed E-state index contributed by atoms with van der Waals surface area (Å²) in [7, 11) is 0. The first-order valence-corrected chi connectivity index (χ1v) is 4.79. The van der Waals surface area contributed by atoms with Gasteiger partial charge in [0.05, 0.1) is 0 Å². The van der Waals surface area contributed by atoms with Crippen LogP contribution in [0.1, 0.15) is 20.3 Å². The third kappa shape index (κ3) is 2.23. The van der Waals surface area contributed by atoms with Crippen LogP contribution < -0.4 is 5.73 Å². The Hall–Kier alpha value is -1.10. The fourth-order valence-corrected chi connectivity index (χ4v) is 1.25. The fourth-order valence-electron chi connectivity index (χ4n) is 1.25. The van der Waals surface area contributed by atoms with Crippen molar-refractivity contribution >= 4 is 12.0 Å². The first-order chi connectivity index (χ1) is 6.56. The summed E-state index contributed by atoms with van der Waals surface area (Å²) < 4.78 is 4.57. The molecule has 14 heavy (non-hydrogen) atoms. The minimum Gasteiger partial charge on any atom is -0.439 e. The Kier molecular flexibility index (Phi) is 3.46. The van der Waals surface area contributed by atoms with E-state index in [2.05, 4.69) is 4.74 Å². The smallest absolute Gasteiger partial charge is 0.417 e. The molecule has 0 aliphatic carbocycles. The Morgan fingerprint density at radius 3 is 2.64 bits per heavy atom. The fraction of sp³-hybridized carbons (Fsp3) is 0.778. The van der Waals surface area contributed by atoms with E-state index < -0.39 is 6.09 Å². The van der Waals surface area contributed by atoms with Crippen molar-refractivity contribution in [1.82, 2.24) is 4.90 Å². The Balaban J connectivity index is 2.50. The van der Waals surface area contributed by atoms with E-state index in [0.717, 1.165) is 11.3 Å². The molecule has 2 atom stereocenters. The van der Waals surface area contributed by atoms with Gasteiger partial charge in [-0.3, -0.25) is 4.79 Å². The Morgan fingerprint density at radius 1 is 1.57 bits per heavy atom. The van der Waals surface area contributed by atoms with Crippen molar-refractivity contribution in [2.75, 3.05) is 13.2 Å². The molecule has 1 saturated heterocycles. The van der Waals surface area contributed by atoms with Gasteiger partial charge >= 0.3 is 6.09 Å². The first kappa shape index (κ1) is 11.0. The molecule has 1 fully saturated rings. The van der Waals surface area contributed by atoms with E-state index in [4.69, 9.17) is 5.73 Å². The zero-order valence-corrected chi connectivity index (χ0v) is 8.53. The third-order valence-electron chi connectivity index (χ3n) is 2.61. The molecule has 1 heterocycles. The number of carbonyl (C=O) groups is 2. The molecule has 0 aromatic rings. The van der Waals surface area contributed by atoms with Gasteiger partial charge in [-0.15, -0.1) is 0 Å². The number of nitrogens with two attached hydrogens (primary N) is 1. The second kappa shape index (κ2) is 4.41. The van der Waals surface area contributed by atoms with Crippen LogP contribution in [0.3, 0.4) is 0 Å². The van der Waals surface area contributed by atoms with Gasteiger partial charge in [0, 0.05) is 12.6 Å². The van der Waals surface area contributed by atoms with Crippen molar-refractivity contribution < 1.29 is 14.3 Å². The Morgan fingerprint density at radius 2 is 2.21 bits per heavy atom. The summed E-state index contributed by atoms with van der Waals surface area (Å²) in [5, 5.41) is 0. The highest BCUT2D eigenvalue weighted by Crippen LogP contribution is 2.11. The number of imide groups is 1. The lowest BCUT2D eigenvalue weighted by Crippen LogP contribution is -2.43. The number of carbonyl (C=O) groups excluding carboxylic acids is 2. The van der Waals surface area contributed by atoms with E-state index in [0.29, 0.717) is 0 Å². The van der Waals surface area contributed by atoms with E-state index in [1.165, 1.54) is 0 Å². The number of amides is 2. The Labute approximate surface area is 83.2 Å². The monoisotopic (exact) mass is 200 g/mol. The molecule has 2 amide bonds. The van der Waals surface area contributed by atoms with Gasteiger partial charge in [0.1, 0.15) is 0 Å². The maximum atomic E-state index is 11.2. The molecule has 0 radical (unpaired) electrons. The predicted molar refractivity (Wildman–Crippen MR) is 50.5 cm³/mol. The van der Waals surface area contributed by atoms with E-state index in [9.17, 15) is 9.59 Å². The number of rotatable bonds is 4. The van der Waals surface area contributed by atoms with Crippen LogP contribution in [-0.4, -0.2) is 36.1 Å². The summed E-state index contributed by atoms with van der Waals surface area (Å²) in [5.41, 5.74) is 5.83. The lowest BCUT2D eigenvalue weighted by atomic mass is 10.00. The molecule has 2 N–H and O–H groups in total. The summed E-state index contributed by atoms with van der Waals surface area (Å²) in [5.74, 6) is -0.00930. The van der Waals surface area contributed by atoms with Crippen molar-refractivity contribution in [3.8, 4) is 0 Å². The number of hydrogen-bond donors (Lipinski definition) is 1. The molecule has 0 unspecified atom stereocenters. The van der Waals surface area contributed by atoms with Gasteiger partial charge in [0.2, 0.25) is 0 Å². The number of hydrogen-bond acceptors (Lipinski definition) is 4. The molecule has 1 aliphatic rings. The number of nitrogens with zero attached hydrogens (tertiary/aromatic N) is 1. The van der Waals surface area contributed by atoms with Gasteiger partial charge < -0.3 is 10.5 Å². The van der Waals surface area contributed by atoms with Crippen LogP contribution in [-0.2, 0) is 9.53 Å². The molecule has 80 valence electrons. The normalized spacial score (nSPS) is 20.9. The average Bonchev–Trinajstić information content (AvgIpc) is 2.48. The van der Waals surface area contributed by atoms with Crippen molar-refractivity contribution in [3.05, 3.63) is 0 Å². The molecule has 5 nitrogen and oxygen atoms in total. The van der Waals surface area contributed by atoms with Gasteiger partial charge in [0.15, 0.2) is 6.61 Å². The van der Waals surface area contributed by atoms with Gasteiger partial charge in [0.25, 0.3) is 5.91 Å². The van der Waals surface area contributed by atoms with Gasteiger partial charge in [-0.25, -0.2) is 9.69 Å². The second-order valence-corrected chi connectivity index (χ2v) is 3.61. The van der Waals surface area contributed by atoms with Crippen molar-refractivity contribution in [2.45, 2.75) is 26.3 Å². The first-order valence-electron chi connectivity index (χ1n) is 4.79. The molecule has 0 aromatic carbocycles. The second-order valence-electron chi connectivity index (χ2n) is 3.61. The maximum Gasteiger partial charge on any atom is 0.417 e. The number of cyclic esters (lactones) is 1. The van der Waals surface area contributed by atoms with Gasteiger partial charge in [-0.05, 0) is 5.92 Å². The van der Waals surface area contributed by atoms with E-state index in [-0.39, 0.29) is 31.0 Å². The molecule has 0 aromatic heterocycles. The highest BCUT2D eigenvalue weighted by Gasteiger charge is 2.32. The molecular formula is C9H16N2O3. The lowest BCUT2D eigenvalue weighted by Gasteiger charge is -2.21. The molecule has 0 bridgehead atoms. The van der Waals surface area contributed by atoms with E-state index in [1.54, 1.807) is 0 Å². The maximum absolute atomic E-state index is 11.2. The minimum absolute atomic E-state index is 0.147. The minimum atomic E-state index is -0.575. The average molecular weight is 200 g/mol. The van der Waals surface area contributed by atoms with Crippen LogP contribution in [0.25, 0.3) is 0 Å². The van der Waals surface area contributed by atoms with Crippen molar-refractivity contribution in [3.63, 3.8) is 0 Å². The van der Waals surface area contributed by atoms with Crippen molar-refractivity contribution in [2.24, 2.45) is 11.7 Å². The third-order valence-corrected chi connectivity index (χ3v) is 2.61. The topological polar surface area (TPSA) is 72.6 Å². The molecule has 1 aliphatic heterocycles. The largest absolute Gasteiger partial charge is 0.439 e. The quantitative estimate of drug-likeness (QED) is 0.710. The van der Waals surface area contributed by atoms with Crippen LogP contribution in [0, 0.1) is 5.92 Å². The molecule has 0 spiro atoms. The van der Waals surface area contributed by atoms with Crippen LogP contribution >= 0.6 is 0 Å². The summed E-state index contributed by atoms with van der Waals surface area (Å²) in [6.45, 7) is 4.13. The summed E-state index contributed by atoms with van der Waals surface area (Å²) >= 11 is 0. The standard InChI is InChI=1S/C9H16N2O3/c1-3-6(2)7(10)4-11-8(12)5-14-9(11)13/h6-7H,3-5,10H2,1-2H3/t6-,7-/m1/s1. The van der Waals surface area contributed by atoms with Gasteiger partial charge in [-0.1, -0.05) is 20.3 Å². The van der Waals surface area contributed by atoms with E-state index >= 15 is 0 Å².